The van der Waals surface area contributed by atoms with Crippen LogP contribution in [0, 0.1) is 0 Å². The monoisotopic (exact) mass is 333 g/mol. The molecule has 1 aromatic rings. The second kappa shape index (κ2) is 4.48. The van der Waals surface area contributed by atoms with Crippen LogP contribution < -0.4 is 4.74 Å². The first-order valence-corrected chi connectivity index (χ1v) is 5.31. The van der Waals surface area contributed by atoms with E-state index in [4.69, 9.17) is 0 Å². The summed E-state index contributed by atoms with van der Waals surface area (Å²) in [7, 11) is 0. The fraction of sp³-hybridized carbons (Fsp3) is 0.286. The Hall–Kier alpha value is -0.300. The number of alkyl halides is 4. The van der Waals surface area contributed by atoms with Gasteiger partial charge in [0.25, 0.3) is 0 Å². The summed E-state index contributed by atoms with van der Waals surface area (Å²) >= 11 is 6.01. The quantitative estimate of drug-likeness (QED) is 0.608. The number of pyridine rings is 1. The van der Waals surface area contributed by atoms with Crippen LogP contribution in [0.4, 0.5) is 13.2 Å². The number of aromatic nitrogens is 1. The molecule has 0 amide bonds. The van der Waals surface area contributed by atoms with Gasteiger partial charge in [0.05, 0.1) is 5.69 Å². The van der Waals surface area contributed by atoms with E-state index in [0.717, 1.165) is 0 Å². The molecule has 0 bridgehead atoms. The zero-order valence-corrected chi connectivity index (χ0v) is 9.78. The molecule has 0 unspecified atom stereocenters. The highest BCUT2D eigenvalue weighted by Crippen LogP contribution is 2.29. The summed E-state index contributed by atoms with van der Waals surface area (Å²) in [6.07, 6.45) is -4.69. The predicted molar refractivity (Wildman–Crippen MR) is 51.3 cm³/mol. The van der Waals surface area contributed by atoms with Gasteiger partial charge >= 0.3 is 6.36 Å². The van der Waals surface area contributed by atoms with Crippen LogP contribution in [0.3, 0.4) is 0 Å². The molecule has 14 heavy (non-hydrogen) atoms. The second-order valence-corrected chi connectivity index (χ2v) is 3.58. The van der Waals surface area contributed by atoms with Crippen molar-refractivity contribution < 1.29 is 17.9 Å². The Morgan fingerprint density at radius 2 is 2.00 bits per heavy atom. The van der Waals surface area contributed by atoms with Crippen molar-refractivity contribution in [3.05, 3.63) is 22.4 Å². The van der Waals surface area contributed by atoms with Crippen LogP contribution in [0.25, 0.3) is 0 Å². The maximum absolute atomic E-state index is 11.8. The minimum atomic E-state index is -4.69. The van der Waals surface area contributed by atoms with Gasteiger partial charge in [0.2, 0.25) is 0 Å². The summed E-state index contributed by atoms with van der Waals surface area (Å²) in [4.78, 5) is 3.82. The van der Waals surface area contributed by atoms with Crippen molar-refractivity contribution in [1.82, 2.24) is 4.98 Å². The largest absolute Gasteiger partial charge is 0.573 e. The van der Waals surface area contributed by atoms with E-state index in [1.807, 2.05) is 0 Å². The van der Waals surface area contributed by atoms with Crippen LogP contribution >= 0.6 is 31.9 Å². The van der Waals surface area contributed by atoms with Crippen LogP contribution in [-0.2, 0) is 5.33 Å². The van der Waals surface area contributed by atoms with Gasteiger partial charge in [-0.2, -0.15) is 0 Å². The molecule has 0 atom stereocenters. The molecule has 0 aliphatic carbocycles. The Morgan fingerprint density at radius 3 is 2.43 bits per heavy atom. The molecule has 7 heteroatoms. The lowest BCUT2D eigenvalue weighted by molar-refractivity contribution is -0.275. The van der Waals surface area contributed by atoms with Gasteiger partial charge < -0.3 is 4.74 Å². The molecule has 1 rings (SSSR count). The average Bonchev–Trinajstić information content (AvgIpc) is 2.06. The molecule has 0 aliphatic heterocycles. The van der Waals surface area contributed by atoms with E-state index in [0.29, 0.717) is 11.0 Å². The van der Waals surface area contributed by atoms with E-state index in [-0.39, 0.29) is 10.4 Å². The van der Waals surface area contributed by atoms with E-state index in [9.17, 15) is 13.2 Å². The van der Waals surface area contributed by atoms with Gasteiger partial charge in [0, 0.05) is 5.33 Å². The van der Waals surface area contributed by atoms with Crippen LogP contribution in [0.15, 0.2) is 16.7 Å². The molecule has 0 spiro atoms. The number of halogens is 5. The molecule has 0 radical (unpaired) electrons. The van der Waals surface area contributed by atoms with Gasteiger partial charge in [-0.1, -0.05) is 15.9 Å². The van der Waals surface area contributed by atoms with E-state index < -0.39 is 6.36 Å². The van der Waals surface area contributed by atoms with Gasteiger partial charge in [-0.3, -0.25) is 0 Å². The lowest BCUT2D eigenvalue weighted by Gasteiger charge is -2.10. The Kier molecular flexibility index (Phi) is 3.77. The zero-order chi connectivity index (χ0) is 10.8. The van der Waals surface area contributed by atoms with Crippen LogP contribution in [-0.4, -0.2) is 11.3 Å². The van der Waals surface area contributed by atoms with Crippen molar-refractivity contribution in [2.24, 2.45) is 0 Å². The molecule has 0 saturated heterocycles. The summed E-state index contributed by atoms with van der Waals surface area (Å²) in [5.74, 6) is -0.345. The zero-order valence-electron chi connectivity index (χ0n) is 6.61. The molecule has 0 saturated carbocycles. The number of rotatable bonds is 2. The molecule has 2 nitrogen and oxygen atoms in total. The normalized spacial score (nSPS) is 11.5. The smallest absolute Gasteiger partial charge is 0.403 e. The third-order valence-electron chi connectivity index (χ3n) is 1.23. The van der Waals surface area contributed by atoms with E-state index in [1.165, 1.54) is 12.1 Å². The van der Waals surface area contributed by atoms with Crippen molar-refractivity contribution in [1.29, 1.82) is 0 Å². The highest BCUT2D eigenvalue weighted by Gasteiger charge is 2.32. The molecule has 78 valence electrons. The van der Waals surface area contributed by atoms with E-state index in [2.05, 4.69) is 41.6 Å². The van der Waals surface area contributed by atoms with Crippen LogP contribution in [0.1, 0.15) is 5.69 Å². The molecular weight excluding hydrogens is 331 g/mol. The molecule has 1 aromatic heterocycles. The van der Waals surface area contributed by atoms with Crippen molar-refractivity contribution >= 4 is 31.9 Å². The standard InChI is InChI=1S/C7H4Br2F3NO/c8-3-4-1-2-5(6(9)13-4)14-7(10,11)12/h1-2H,3H2. The first-order valence-electron chi connectivity index (χ1n) is 3.39. The summed E-state index contributed by atoms with van der Waals surface area (Å²) in [5.41, 5.74) is 0.617. The van der Waals surface area contributed by atoms with Gasteiger partial charge in [-0.25, -0.2) is 4.98 Å². The summed E-state index contributed by atoms with van der Waals surface area (Å²) in [5, 5.41) is 0.470. The Bertz CT molecular complexity index is 329. The Morgan fingerprint density at radius 1 is 1.36 bits per heavy atom. The van der Waals surface area contributed by atoms with Crippen LogP contribution in [0.2, 0.25) is 0 Å². The molecule has 0 aliphatic rings. The Balaban J connectivity index is 2.89. The second-order valence-electron chi connectivity index (χ2n) is 2.27. The third kappa shape index (κ3) is 3.45. The molecule has 0 N–H and O–H groups in total. The maximum atomic E-state index is 11.8. The van der Waals surface area contributed by atoms with Crippen molar-refractivity contribution in [3.63, 3.8) is 0 Å². The topological polar surface area (TPSA) is 22.1 Å². The van der Waals surface area contributed by atoms with Crippen LogP contribution in [0.5, 0.6) is 5.75 Å². The lowest BCUT2D eigenvalue weighted by Crippen LogP contribution is -2.17. The van der Waals surface area contributed by atoms with Crippen molar-refractivity contribution in [3.8, 4) is 5.75 Å². The number of ether oxygens (including phenoxy) is 1. The highest BCUT2D eigenvalue weighted by atomic mass is 79.9. The average molecular weight is 335 g/mol. The summed E-state index contributed by atoms with van der Waals surface area (Å²) in [6.45, 7) is 0. The highest BCUT2D eigenvalue weighted by molar-refractivity contribution is 9.10. The minimum absolute atomic E-state index is 0.0341. The molecule has 0 fully saturated rings. The third-order valence-corrected chi connectivity index (χ3v) is 2.38. The number of hydrogen-bond donors (Lipinski definition) is 0. The van der Waals surface area contributed by atoms with Gasteiger partial charge in [-0.15, -0.1) is 13.2 Å². The molecule has 0 aromatic carbocycles. The van der Waals surface area contributed by atoms with Gasteiger partial charge in [0.15, 0.2) is 5.75 Å². The first-order chi connectivity index (χ1) is 6.42. The maximum Gasteiger partial charge on any atom is 0.573 e. The van der Waals surface area contributed by atoms with Crippen molar-refractivity contribution in [2.45, 2.75) is 11.7 Å². The number of hydrogen-bond acceptors (Lipinski definition) is 2. The minimum Gasteiger partial charge on any atom is -0.403 e. The van der Waals surface area contributed by atoms with Crippen molar-refractivity contribution in [2.75, 3.05) is 0 Å². The Labute approximate surface area is 94.7 Å². The fourth-order valence-electron chi connectivity index (χ4n) is 0.734. The summed E-state index contributed by atoms with van der Waals surface area (Å²) < 4.78 is 39.2. The van der Waals surface area contributed by atoms with Gasteiger partial charge in [-0.05, 0) is 28.1 Å². The fourth-order valence-corrected chi connectivity index (χ4v) is 1.49. The van der Waals surface area contributed by atoms with Gasteiger partial charge in [0.1, 0.15) is 4.60 Å². The predicted octanol–water partition coefficient (Wildman–Crippen LogP) is 3.64. The molecular formula is C7H4Br2F3NO. The summed E-state index contributed by atoms with van der Waals surface area (Å²) in [6, 6.07) is 2.65. The van der Waals surface area contributed by atoms with E-state index in [1.54, 1.807) is 0 Å². The number of nitrogens with zero attached hydrogens (tertiary/aromatic N) is 1. The lowest BCUT2D eigenvalue weighted by atomic mass is 10.4. The first kappa shape index (κ1) is 11.8. The SMILES string of the molecule is FC(F)(F)Oc1ccc(CBr)nc1Br. The molecule has 1 heterocycles. The van der Waals surface area contributed by atoms with E-state index >= 15 is 0 Å².